The normalized spacial score (nSPS) is 15.7. The quantitative estimate of drug-likeness (QED) is 0.456. The molecule has 1 aliphatic heterocycles. The first kappa shape index (κ1) is 19.2. The number of nitrogens with one attached hydrogen (secondary N) is 1. The van der Waals surface area contributed by atoms with Crippen molar-refractivity contribution < 1.29 is 24.2 Å². The number of imide groups is 2. The van der Waals surface area contributed by atoms with E-state index in [0.717, 1.165) is 17.7 Å². The lowest BCUT2D eigenvalue weighted by molar-refractivity contribution is -0.122. The first-order valence-corrected chi connectivity index (χ1v) is 8.93. The minimum absolute atomic E-state index is 0.0763. The van der Waals surface area contributed by atoms with E-state index in [2.05, 4.69) is 12.2 Å². The molecule has 1 fully saturated rings. The molecule has 7 nitrogen and oxygen atoms in total. The Labute approximate surface area is 162 Å². The maximum absolute atomic E-state index is 12.8. The summed E-state index contributed by atoms with van der Waals surface area (Å²) in [5, 5.41) is 12.0. The van der Waals surface area contributed by atoms with Gasteiger partial charge < -0.3 is 9.84 Å². The lowest BCUT2D eigenvalue weighted by Gasteiger charge is -2.26. The molecule has 0 saturated carbocycles. The molecule has 0 radical (unpaired) electrons. The topological polar surface area (TPSA) is 95.9 Å². The number of ether oxygens (including phenoxy) is 1. The lowest BCUT2D eigenvalue weighted by Crippen LogP contribution is -2.54. The van der Waals surface area contributed by atoms with Crippen molar-refractivity contribution in [2.45, 2.75) is 19.8 Å². The molecular weight excluding hydrogens is 360 g/mol. The van der Waals surface area contributed by atoms with Crippen LogP contribution < -0.4 is 15.0 Å². The van der Waals surface area contributed by atoms with E-state index in [9.17, 15) is 19.5 Å². The maximum Gasteiger partial charge on any atom is 0.335 e. The van der Waals surface area contributed by atoms with E-state index in [1.165, 1.54) is 12.1 Å². The summed E-state index contributed by atoms with van der Waals surface area (Å²) in [7, 11) is 0. The molecule has 0 unspecified atom stereocenters. The number of urea groups is 1. The van der Waals surface area contributed by atoms with E-state index in [-0.39, 0.29) is 11.3 Å². The van der Waals surface area contributed by atoms with Gasteiger partial charge in [-0.25, -0.2) is 9.69 Å². The van der Waals surface area contributed by atoms with Gasteiger partial charge in [0.25, 0.3) is 11.8 Å². The number of barbiturate groups is 1. The Bertz CT molecular complexity index is 934. The second kappa shape index (κ2) is 8.39. The number of amides is 4. The van der Waals surface area contributed by atoms with Gasteiger partial charge in [0, 0.05) is 5.56 Å². The Morgan fingerprint density at radius 2 is 1.79 bits per heavy atom. The van der Waals surface area contributed by atoms with E-state index in [1.54, 1.807) is 42.5 Å². The average Bonchev–Trinajstić information content (AvgIpc) is 2.68. The number of rotatable bonds is 6. The van der Waals surface area contributed by atoms with Crippen molar-refractivity contribution in [3.05, 3.63) is 59.7 Å². The van der Waals surface area contributed by atoms with Crippen LogP contribution in [0.5, 0.6) is 11.5 Å². The fourth-order valence-electron chi connectivity index (χ4n) is 2.68. The van der Waals surface area contributed by atoms with Crippen LogP contribution in [0.1, 0.15) is 25.3 Å². The molecular formula is C21H20N2O5. The number of nitrogens with zero attached hydrogens (tertiary/aromatic N) is 1. The minimum Gasteiger partial charge on any atom is -0.507 e. The predicted octanol–water partition coefficient (Wildman–Crippen LogP) is 3.24. The summed E-state index contributed by atoms with van der Waals surface area (Å²) in [4.78, 5) is 38.1. The molecule has 3 rings (SSSR count). The third-order valence-corrected chi connectivity index (χ3v) is 4.20. The highest BCUT2D eigenvalue weighted by Crippen LogP contribution is 2.26. The number of phenolic OH excluding ortho intramolecular Hbond substituents is 1. The number of hydrogen-bond acceptors (Lipinski definition) is 5. The lowest BCUT2D eigenvalue weighted by atomic mass is 10.1. The van der Waals surface area contributed by atoms with Crippen LogP contribution in [0.2, 0.25) is 0 Å². The van der Waals surface area contributed by atoms with Crippen molar-refractivity contribution in [1.29, 1.82) is 0 Å². The third kappa shape index (κ3) is 4.03. The van der Waals surface area contributed by atoms with Crippen molar-refractivity contribution in [3.8, 4) is 11.5 Å². The van der Waals surface area contributed by atoms with Gasteiger partial charge in [-0.3, -0.25) is 14.9 Å². The maximum atomic E-state index is 12.8. The van der Waals surface area contributed by atoms with Crippen LogP contribution in [-0.2, 0) is 9.59 Å². The van der Waals surface area contributed by atoms with Crippen molar-refractivity contribution >= 4 is 29.6 Å². The monoisotopic (exact) mass is 380 g/mol. The van der Waals surface area contributed by atoms with Crippen molar-refractivity contribution in [2.75, 3.05) is 11.5 Å². The number of anilines is 1. The number of benzene rings is 2. The summed E-state index contributed by atoms with van der Waals surface area (Å²) in [6.07, 6.45) is 3.20. The molecule has 2 aromatic rings. The molecule has 28 heavy (non-hydrogen) atoms. The number of para-hydroxylation sites is 1. The van der Waals surface area contributed by atoms with Crippen molar-refractivity contribution in [3.63, 3.8) is 0 Å². The first-order valence-electron chi connectivity index (χ1n) is 8.93. The smallest absolute Gasteiger partial charge is 0.335 e. The van der Waals surface area contributed by atoms with E-state index < -0.39 is 17.8 Å². The zero-order valence-corrected chi connectivity index (χ0v) is 15.3. The molecule has 7 heteroatoms. The Balaban J connectivity index is 1.87. The number of carbonyl (C=O) groups excluding carboxylic acids is 3. The third-order valence-electron chi connectivity index (χ3n) is 4.20. The second-order valence-corrected chi connectivity index (χ2v) is 6.21. The zero-order chi connectivity index (χ0) is 20.1. The highest BCUT2D eigenvalue weighted by atomic mass is 16.5. The molecule has 0 aliphatic carbocycles. The summed E-state index contributed by atoms with van der Waals surface area (Å²) >= 11 is 0. The molecule has 0 spiro atoms. The van der Waals surface area contributed by atoms with E-state index in [0.29, 0.717) is 23.6 Å². The van der Waals surface area contributed by atoms with Crippen LogP contribution in [0.15, 0.2) is 54.1 Å². The molecule has 2 aromatic carbocycles. The SMILES string of the molecule is CCCCOc1ccc(N2C(=O)NC(=O)/C(=C/c3ccccc3O)C2=O)cc1. The van der Waals surface area contributed by atoms with Gasteiger partial charge in [0.05, 0.1) is 12.3 Å². The first-order chi connectivity index (χ1) is 13.5. The van der Waals surface area contributed by atoms with Gasteiger partial charge in [0.1, 0.15) is 17.1 Å². The standard InChI is InChI=1S/C21H20N2O5/c1-2-3-12-28-16-10-8-15(9-11-16)23-20(26)17(19(25)22-21(23)27)13-14-6-4-5-7-18(14)24/h4-11,13,24H,2-3,12H2,1H3,(H,22,25,27)/b17-13-. The number of phenols is 1. The van der Waals surface area contributed by atoms with Gasteiger partial charge in [-0.15, -0.1) is 0 Å². The van der Waals surface area contributed by atoms with Gasteiger partial charge in [-0.05, 0) is 42.8 Å². The van der Waals surface area contributed by atoms with Crippen LogP contribution in [0.3, 0.4) is 0 Å². The Hall–Kier alpha value is -3.61. The van der Waals surface area contributed by atoms with Crippen LogP contribution in [0.25, 0.3) is 6.08 Å². The number of aromatic hydroxyl groups is 1. The minimum atomic E-state index is -0.830. The van der Waals surface area contributed by atoms with Gasteiger partial charge >= 0.3 is 6.03 Å². The molecule has 1 heterocycles. The fraction of sp³-hybridized carbons (Fsp3) is 0.190. The molecule has 1 saturated heterocycles. The highest BCUT2D eigenvalue weighted by Gasteiger charge is 2.36. The van der Waals surface area contributed by atoms with Crippen molar-refractivity contribution in [1.82, 2.24) is 5.32 Å². The van der Waals surface area contributed by atoms with E-state index in [1.807, 2.05) is 0 Å². The molecule has 2 N–H and O–H groups in total. The number of hydrogen-bond donors (Lipinski definition) is 2. The Kier molecular flexibility index (Phi) is 5.74. The Morgan fingerprint density at radius 1 is 1.07 bits per heavy atom. The number of carbonyl (C=O) groups is 3. The largest absolute Gasteiger partial charge is 0.507 e. The summed E-state index contributed by atoms with van der Waals surface area (Å²) in [5.41, 5.74) is 0.361. The van der Waals surface area contributed by atoms with E-state index in [4.69, 9.17) is 4.74 Å². The molecule has 0 atom stereocenters. The van der Waals surface area contributed by atoms with Gasteiger partial charge in [-0.2, -0.15) is 0 Å². The van der Waals surface area contributed by atoms with Gasteiger partial charge in [-0.1, -0.05) is 31.5 Å². The van der Waals surface area contributed by atoms with Crippen LogP contribution in [0.4, 0.5) is 10.5 Å². The summed E-state index contributed by atoms with van der Waals surface area (Å²) in [5.74, 6) is -1.03. The molecule has 1 aliphatic rings. The fourth-order valence-corrected chi connectivity index (χ4v) is 2.68. The molecule has 0 aromatic heterocycles. The van der Waals surface area contributed by atoms with Gasteiger partial charge in [0.15, 0.2) is 0 Å². The second-order valence-electron chi connectivity index (χ2n) is 6.21. The van der Waals surface area contributed by atoms with Crippen LogP contribution in [0, 0.1) is 0 Å². The van der Waals surface area contributed by atoms with Crippen molar-refractivity contribution in [2.24, 2.45) is 0 Å². The van der Waals surface area contributed by atoms with Gasteiger partial charge in [0.2, 0.25) is 0 Å². The summed E-state index contributed by atoms with van der Waals surface area (Å²) < 4.78 is 5.58. The van der Waals surface area contributed by atoms with Crippen LogP contribution in [-0.4, -0.2) is 29.6 Å². The molecule has 0 bridgehead atoms. The summed E-state index contributed by atoms with van der Waals surface area (Å²) in [6.45, 7) is 2.65. The molecule has 4 amide bonds. The Morgan fingerprint density at radius 3 is 2.46 bits per heavy atom. The predicted molar refractivity (Wildman–Crippen MR) is 104 cm³/mol. The highest BCUT2D eigenvalue weighted by molar-refractivity contribution is 6.39. The van der Waals surface area contributed by atoms with Crippen LogP contribution >= 0.6 is 0 Å². The average molecular weight is 380 g/mol. The number of unbranched alkanes of at least 4 members (excludes halogenated alkanes) is 1. The van der Waals surface area contributed by atoms with E-state index >= 15 is 0 Å². The zero-order valence-electron chi connectivity index (χ0n) is 15.3. The summed E-state index contributed by atoms with van der Waals surface area (Å²) in [6, 6.07) is 11.9. The molecule has 144 valence electrons.